The molecule has 0 fully saturated rings. The van der Waals surface area contributed by atoms with Crippen LogP contribution >= 0.6 is 19.8 Å². The summed E-state index contributed by atoms with van der Waals surface area (Å²) in [5.74, 6) is -1.61. The Morgan fingerprint density at radius 3 is 2.50 bits per heavy atom. The van der Waals surface area contributed by atoms with Crippen LogP contribution in [0.15, 0.2) is 24.3 Å². The number of hydrogen-bond acceptors (Lipinski definition) is 4. The van der Waals surface area contributed by atoms with E-state index in [1.165, 1.54) is 18.2 Å². The molecule has 1 aromatic carbocycles. The molecule has 0 aliphatic carbocycles. The summed E-state index contributed by atoms with van der Waals surface area (Å²) < 4.78 is 22.1. The van der Waals surface area contributed by atoms with Crippen molar-refractivity contribution in [1.29, 1.82) is 0 Å². The maximum Gasteiger partial charge on any atom is 0.341 e. The van der Waals surface area contributed by atoms with Crippen LogP contribution in [0.2, 0.25) is 0 Å². The smallest absolute Gasteiger partial charge is 0.341 e. The zero-order valence-corrected chi connectivity index (χ0v) is 11.7. The molecule has 7 heteroatoms. The first-order valence-electron chi connectivity index (χ1n) is 5.08. The van der Waals surface area contributed by atoms with Crippen molar-refractivity contribution in [1.82, 2.24) is 5.32 Å². The van der Waals surface area contributed by atoms with E-state index < -0.39 is 37.7 Å². The topological polar surface area (TPSA) is 101 Å². The van der Waals surface area contributed by atoms with Gasteiger partial charge in [0.1, 0.15) is 0 Å². The quantitative estimate of drug-likeness (QED) is 0.773. The first-order valence-corrected chi connectivity index (χ1v) is 7.92. The SMILES string of the molecule is C[C@@H](CC(=O)O)NC(=O)c1ccccc1I(=O)=O. The van der Waals surface area contributed by atoms with Gasteiger partial charge in [0, 0.05) is 6.04 Å². The van der Waals surface area contributed by atoms with Crippen LogP contribution in [0.25, 0.3) is 0 Å². The number of benzene rings is 1. The Morgan fingerprint density at radius 2 is 1.94 bits per heavy atom. The molecule has 1 aromatic rings. The summed E-state index contributed by atoms with van der Waals surface area (Å²) in [4.78, 5) is 22.3. The van der Waals surface area contributed by atoms with E-state index in [1.54, 1.807) is 13.0 Å². The van der Waals surface area contributed by atoms with Crippen molar-refractivity contribution in [3.8, 4) is 0 Å². The molecular weight excluding hydrogens is 353 g/mol. The number of carbonyl (C=O) groups is 2. The maximum atomic E-state index is 11.8. The molecule has 1 atom stereocenters. The second-order valence-corrected chi connectivity index (χ2v) is 6.07. The van der Waals surface area contributed by atoms with Crippen LogP contribution in [-0.2, 0) is 10.9 Å². The number of amides is 1. The number of carbonyl (C=O) groups excluding carboxylic acids is 1. The molecule has 0 bridgehead atoms. The maximum absolute atomic E-state index is 11.8. The summed E-state index contributed by atoms with van der Waals surface area (Å²) in [5, 5.41) is 11.0. The van der Waals surface area contributed by atoms with E-state index in [4.69, 9.17) is 5.11 Å². The highest BCUT2D eigenvalue weighted by Crippen LogP contribution is 2.21. The lowest BCUT2D eigenvalue weighted by Gasteiger charge is -2.12. The molecule has 98 valence electrons. The molecular formula is C11H12INO5. The predicted molar refractivity (Wildman–Crippen MR) is 69.7 cm³/mol. The first kappa shape index (κ1) is 14.6. The van der Waals surface area contributed by atoms with Crippen molar-refractivity contribution in [3.63, 3.8) is 0 Å². The minimum Gasteiger partial charge on any atom is -0.481 e. The lowest BCUT2D eigenvalue weighted by Crippen LogP contribution is -2.34. The molecule has 0 radical (unpaired) electrons. The number of nitrogens with one attached hydrogen (secondary N) is 1. The molecule has 0 heterocycles. The summed E-state index contributed by atoms with van der Waals surface area (Å²) in [5.41, 5.74) is 0.0601. The van der Waals surface area contributed by atoms with Crippen molar-refractivity contribution in [3.05, 3.63) is 33.4 Å². The van der Waals surface area contributed by atoms with Gasteiger partial charge in [-0.15, -0.1) is 0 Å². The van der Waals surface area contributed by atoms with Crippen LogP contribution in [0.1, 0.15) is 23.7 Å². The van der Waals surface area contributed by atoms with E-state index in [9.17, 15) is 15.7 Å². The highest BCUT2D eigenvalue weighted by atomic mass is 127. The van der Waals surface area contributed by atoms with Crippen molar-refractivity contribution < 1.29 is 20.8 Å². The monoisotopic (exact) mass is 365 g/mol. The third kappa shape index (κ3) is 4.06. The van der Waals surface area contributed by atoms with Gasteiger partial charge in [-0.05, 0) is 19.1 Å². The molecule has 2 N–H and O–H groups in total. The lowest BCUT2D eigenvalue weighted by atomic mass is 10.2. The summed E-state index contributed by atoms with van der Waals surface area (Å²) in [6.07, 6.45) is -0.217. The summed E-state index contributed by atoms with van der Waals surface area (Å²) >= 11 is -3.75. The van der Waals surface area contributed by atoms with Crippen LogP contribution in [0.4, 0.5) is 0 Å². The highest BCUT2D eigenvalue weighted by Gasteiger charge is 2.17. The van der Waals surface area contributed by atoms with E-state index in [0.717, 1.165) is 0 Å². The number of aliphatic carboxylic acids is 1. The van der Waals surface area contributed by atoms with Crippen molar-refractivity contribution >= 4 is 31.7 Å². The molecule has 0 saturated heterocycles. The minimum absolute atomic E-state index is 0.0155. The fraction of sp³-hybridized carbons (Fsp3) is 0.273. The van der Waals surface area contributed by atoms with Crippen LogP contribution < -0.4 is 5.32 Å². The van der Waals surface area contributed by atoms with Gasteiger partial charge < -0.3 is 10.4 Å². The van der Waals surface area contributed by atoms with Gasteiger partial charge in [0.15, 0.2) is 0 Å². The van der Waals surface area contributed by atoms with Crippen molar-refractivity contribution in [2.24, 2.45) is 0 Å². The van der Waals surface area contributed by atoms with Crippen LogP contribution in [0.5, 0.6) is 0 Å². The third-order valence-corrected chi connectivity index (χ3v) is 4.03. The van der Waals surface area contributed by atoms with Crippen LogP contribution in [0, 0.1) is 3.57 Å². The molecule has 0 aromatic heterocycles. The number of carboxylic acid groups (broad SMARTS) is 1. The van der Waals surface area contributed by atoms with Gasteiger partial charge in [0.25, 0.3) is 5.91 Å². The van der Waals surface area contributed by atoms with E-state index in [0.29, 0.717) is 0 Å². The lowest BCUT2D eigenvalue weighted by molar-refractivity contribution is -0.137. The fourth-order valence-corrected chi connectivity index (χ4v) is 2.79. The molecule has 0 aliphatic heterocycles. The van der Waals surface area contributed by atoms with Crippen molar-refractivity contribution in [2.75, 3.05) is 0 Å². The molecule has 0 unspecified atom stereocenters. The average molecular weight is 365 g/mol. The van der Waals surface area contributed by atoms with Crippen molar-refractivity contribution in [2.45, 2.75) is 19.4 Å². The molecule has 6 nitrogen and oxygen atoms in total. The minimum atomic E-state index is -3.75. The predicted octanol–water partition coefficient (Wildman–Crippen LogP) is 1.65. The second kappa shape index (κ2) is 6.43. The molecule has 1 rings (SSSR count). The Bertz CT molecular complexity index is 530. The van der Waals surface area contributed by atoms with E-state index >= 15 is 0 Å². The van der Waals surface area contributed by atoms with Gasteiger partial charge in [-0.1, -0.05) is 12.1 Å². The zero-order valence-electron chi connectivity index (χ0n) is 9.55. The highest BCUT2D eigenvalue weighted by molar-refractivity contribution is 14.2. The van der Waals surface area contributed by atoms with Gasteiger partial charge in [-0.3, -0.25) is 9.59 Å². The van der Waals surface area contributed by atoms with E-state index in [-0.39, 0.29) is 15.6 Å². The summed E-state index contributed by atoms with van der Waals surface area (Å²) in [6, 6.07) is 5.29. The van der Waals surface area contributed by atoms with Crippen LogP contribution in [0.3, 0.4) is 0 Å². The van der Waals surface area contributed by atoms with E-state index in [2.05, 4.69) is 5.32 Å². The Morgan fingerprint density at radius 1 is 1.33 bits per heavy atom. The zero-order chi connectivity index (χ0) is 13.7. The summed E-state index contributed by atoms with van der Waals surface area (Å²) in [7, 11) is 0. The summed E-state index contributed by atoms with van der Waals surface area (Å²) in [6.45, 7) is 1.54. The Labute approximate surface area is 111 Å². The van der Waals surface area contributed by atoms with Crippen LogP contribution in [-0.4, -0.2) is 23.0 Å². The third-order valence-electron chi connectivity index (χ3n) is 2.14. The average Bonchev–Trinajstić information content (AvgIpc) is 2.27. The Kier molecular flexibility index (Phi) is 5.20. The van der Waals surface area contributed by atoms with Gasteiger partial charge >= 0.3 is 25.8 Å². The number of rotatable bonds is 5. The van der Waals surface area contributed by atoms with Gasteiger partial charge in [0.2, 0.25) is 0 Å². The number of carboxylic acids is 1. The largest absolute Gasteiger partial charge is 0.481 e. The molecule has 0 spiro atoms. The molecule has 0 aliphatic rings. The molecule has 0 saturated carbocycles. The normalized spacial score (nSPS) is 12.1. The Hall–Kier alpha value is -1.51. The molecule has 18 heavy (non-hydrogen) atoms. The first-order chi connectivity index (χ1) is 8.41. The van der Waals surface area contributed by atoms with E-state index in [1.807, 2.05) is 0 Å². The number of halogens is 1. The molecule has 1 amide bonds. The second-order valence-electron chi connectivity index (χ2n) is 3.67. The fourth-order valence-electron chi connectivity index (χ4n) is 1.39. The van der Waals surface area contributed by atoms with Gasteiger partial charge in [-0.2, -0.15) is 0 Å². The van der Waals surface area contributed by atoms with Gasteiger partial charge in [-0.25, -0.2) is 6.14 Å². The standard InChI is InChI=1S/C11H12INO5/c1-7(6-10(14)15)13-11(16)8-4-2-3-5-9(8)12(17)18/h2-5,7H,6H2,1H3,(H,13,16)(H,14,15)/t7-/m0/s1. The van der Waals surface area contributed by atoms with Gasteiger partial charge in [0.05, 0.1) is 15.6 Å². The number of hydrogen-bond donors (Lipinski definition) is 2. The Balaban J connectivity index is 2.88.